The number of carbonyl (C=O) groups excluding carboxylic acids is 1. The SMILES string of the molecule is COC(=O)c1cn(C2CC3CC2C3)nn1. The second-order valence-corrected chi connectivity index (χ2v) is 4.48. The van der Waals surface area contributed by atoms with Gasteiger partial charge in [-0.2, -0.15) is 0 Å². The number of rotatable bonds is 2. The lowest BCUT2D eigenvalue weighted by molar-refractivity contribution is 0.0594. The largest absolute Gasteiger partial charge is 0.464 e. The van der Waals surface area contributed by atoms with Gasteiger partial charge in [0, 0.05) is 0 Å². The van der Waals surface area contributed by atoms with Crippen LogP contribution in [0, 0.1) is 11.8 Å². The summed E-state index contributed by atoms with van der Waals surface area (Å²) in [5.41, 5.74) is 0.307. The first-order valence-corrected chi connectivity index (χ1v) is 5.28. The molecule has 1 heterocycles. The van der Waals surface area contributed by atoms with Crippen molar-refractivity contribution in [1.29, 1.82) is 0 Å². The summed E-state index contributed by atoms with van der Waals surface area (Å²) < 4.78 is 6.43. The Bertz CT molecular complexity index is 395. The number of methoxy groups -OCH3 is 1. The smallest absolute Gasteiger partial charge is 0.360 e. The van der Waals surface area contributed by atoms with Gasteiger partial charge in [0.05, 0.1) is 19.3 Å². The fourth-order valence-corrected chi connectivity index (χ4v) is 2.79. The first kappa shape index (κ1) is 8.88. The van der Waals surface area contributed by atoms with Gasteiger partial charge < -0.3 is 4.74 Å². The third kappa shape index (κ3) is 1.26. The van der Waals surface area contributed by atoms with Crippen molar-refractivity contribution in [1.82, 2.24) is 15.0 Å². The van der Waals surface area contributed by atoms with Crippen molar-refractivity contribution >= 4 is 5.97 Å². The number of aromatic nitrogens is 3. The number of hydrogen-bond donors (Lipinski definition) is 0. The van der Waals surface area contributed by atoms with Gasteiger partial charge in [-0.05, 0) is 31.1 Å². The van der Waals surface area contributed by atoms with Crippen LogP contribution in [-0.2, 0) is 4.74 Å². The molecule has 3 saturated carbocycles. The molecular weight excluding hydrogens is 194 g/mol. The Morgan fingerprint density at radius 2 is 2.33 bits per heavy atom. The van der Waals surface area contributed by atoms with E-state index in [1.807, 2.05) is 4.68 Å². The fraction of sp³-hybridized carbons (Fsp3) is 0.700. The second-order valence-electron chi connectivity index (χ2n) is 4.48. The van der Waals surface area contributed by atoms with Crippen LogP contribution in [0.25, 0.3) is 0 Å². The molecule has 0 saturated heterocycles. The predicted octanol–water partition coefficient (Wildman–Crippen LogP) is 1.04. The minimum absolute atomic E-state index is 0.307. The van der Waals surface area contributed by atoms with Crippen LogP contribution in [0.1, 0.15) is 35.8 Å². The summed E-state index contributed by atoms with van der Waals surface area (Å²) in [4.78, 5) is 11.2. The lowest BCUT2D eigenvalue weighted by Crippen LogP contribution is -2.17. The molecule has 1 aromatic heterocycles. The molecule has 0 radical (unpaired) electrons. The van der Waals surface area contributed by atoms with Crippen molar-refractivity contribution in [3.8, 4) is 0 Å². The highest BCUT2D eigenvalue weighted by atomic mass is 16.5. The van der Waals surface area contributed by atoms with E-state index in [9.17, 15) is 4.79 Å². The molecule has 5 nitrogen and oxygen atoms in total. The van der Waals surface area contributed by atoms with Crippen LogP contribution < -0.4 is 0 Å². The van der Waals surface area contributed by atoms with E-state index >= 15 is 0 Å². The summed E-state index contributed by atoms with van der Waals surface area (Å²) in [6, 6.07) is 0.459. The molecule has 0 N–H and O–H groups in total. The summed E-state index contributed by atoms with van der Waals surface area (Å²) in [5.74, 6) is 1.22. The number of nitrogens with zero attached hydrogens (tertiary/aromatic N) is 3. The van der Waals surface area contributed by atoms with E-state index in [1.54, 1.807) is 6.20 Å². The van der Waals surface area contributed by atoms with E-state index in [-0.39, 0.29) is 0 Å². The highest BCUT2D eigenvalue weighted by Crippen LogP contribution is 2.54. The third-order valence-electron chi connectivity index (χ3n) is 3.64. The monoisotopic (exact) mass is 207 g/mol. The van der Waals surface area contributed by atoms with E-state index in [0.717, 1.165) is 11.8 Å². The Labute approximate surface area is 87.4 Å². The normalized spacial score (nSPS) is 32.5. The minimum Gasteiger partial charge on any atom is -0.464 e. The zero-order chi connectivity index (χ0) is 10.4. The highest BCUT2D eigenvalue weighted by Gasteiger charge is 2.45. The average Bonchev–Trinajstić information content (AvgIpc) is 2.87. The Morgan fingerprint density at radius 3 is 2.93 bits per heavy atom. The van der Waals surface area contributed by atoms with Crippen LogP contribution in [0.15, 0.2) is 6.20 Å². The van der Waals surface area contributed by atoms with E-state index in [0.29, 0.717) is 11.7 Å². The van der Waals surface area contributed by atoms with Gasteiger partial charge in [-0.25, -0.2) is 9.48 Å². The Morgan fingerprint density at radius 1 is 1.53 bits per heavy atom. The van der Waals surface area contributed by atoms with Gasteiger partial charge >= 0.3 is 5.97 Å². The van der Waals surface area contributed by atoms with Gasteiger partial charge in [-0.15, -0.1) is 5.10 Å². The first-order valence-electron chi connectivity index (χ1n) is 5.28. The van der Waals surface area contributed by atoms with Crippen molar-refractivity contribution in [2.24, 2.45) is 11.8 Å². The molecule has 3 aliphatic carbocycles. The van der Waals surface area contributed by atoms with Crippen molar-refractivity contribution in [3.63, 3.8) is 0 Å². The topological polar surface area (TPSA) is 57.0 Å². The maximum atomic E-state index is 11.2. The summed E-state index contributed by atoms with van der Waals surface area (Å²) in [5, 5.41) is 7.83. The molecule has 2 bridgehead atoms. The highest BCUT2D eigenvalue weighted by molar-refractivity contribution is 5.86. The van der Waals surface area contributed by atoms with Gasteiger partial charge in [-0.1, -0.05) is 5.21 Å². The molecule has 3 aliphatic rings. The van der Waals surface area contributed by atoms with E-state index in [4.69, 9.17) is 0 Å². The van der Waals surface area contributed by atoms with Crippen LogP contribution in [0.5, 0.6) is 0 Å². The van der Waals surface area contributed by atoms with Gasteiger partial charge in [0.15, 0.2) is 5.69 Å². The minimum atomic E-state index is -0.411. The second kappa shape index (κ2) is 3.05. The van der Waals surface area contributed by atoms with Crippen LogP contribution in [0.2, 0.25) is 0 Å². The Kier molecular flexibility index (Phi) is 1.81. The summed E-state index contributed by atoms with van der Waals surface area (Å²) in [7, 11) is 1.36. The van der Waals surface area contributed by atoms with Gasteiger partial charge in [0.2, 0.25) is 0 Å². The lowest BCUT2D eigenvalue weighted by atomic mass is 9.84. The van der Waals surface area contributed by atoms with Crippen LogP contribution in [0.3, 0.4) is 0 Å². The number of carbonyl (C=O) groups is 1. The van der Waals surface area contributed by atoms with E-state index < -0.39 is 5.97 Å². The van der Waals surface area contributed by atoms with Gasteiger partial charge in [-0.3, -0.25) is 0 Å². The van der Waals surface area contributed by atoms with Crippen molar-refractivity contribution < 1.29 is 9.53 Å². The van der Waals surface area contributed by atoms with Crippen LogP contribution in [-0.4, -0.2) is 28.1 Å². The molecule has 80 valence electrons. The van der Waals surface area contributed by atoms with Crippen molar-refractivity contribution in [2.45, 2.75) is 25.3 Å². The number of fused-ring (bicyclic) bond motifs is 1. The first-order chi connectivity index (χ1) is 7.28. The molecule has 0 aromatic carbocycles. The maximum Gasteiger partial charge on any atom is 0.360 e. The Balaban J connectivity index is 1.81. The molecule has 4 rings (SSSR count). The van der Waals surface area contributed by atoms with Crippen LogP contribution >= 0.6 is 0 Å². The quantitative estimate of drug-likeness (QED) is 0.680. The van der Waals surface area contributed by atoms with Crippen molar-refractivity contribution in [3.05, 3.63) is 11.9 Å². The molecule has 15 heavy (non-hydrogen) atoms. The Hall–Kier alpha value is -1.39. The van der Waals surface area contributed by atoms with Crippen molar-refractivity contribution in [2.75, 3.05) is 7.11 Å². The fourth-order valence-electron chi connectivity index (χ4n) is 2.79. The maximum absolute atomic E-state index is 11.2. The molecular formula is C10H13N3O2. The zero-order valence-corrected chi connectivity index (χ0v) is 8.59. The zero-order valence-electron chi connectivity index (χ0n) is 8.59. The third-order valence-corrected chi connectivity index (χ3v) is 3.64. The summed E-state index contributed by atoms with van der Waals surface area (Å²) in [6.07, 6.45) is 5.53. The summed E-state index contributed by atoms with van der Waals surface area (Å²) in [6.45, 7) is 0. The molecule has 0 aliphatic heterocycles. The van der Waals surface area contributed by atoms with Gasteiger partial charge in [0.25, 0.3) is 0 Å². The molecule has 3 fully saturated rings. The molecule has 5 heteroatoms. The van der Waals surface area contributed by atoms with E-state index in [2.05, 4.69) is 15.0 Å². The van der Waals surface area contributed by atoms with Gasteiger partial charge in [0.1, 0.15) is 0 Å². The summed E-state index contributed by atoms with van der Waals surface area (Å²) >= 11 is 0. The predicted molar refractivity (Wildman–Crippen MR) is 51.2 cm³/mol. The number of esters is 1. The molecule has 1 aromatic rings. The molecule has 0 spiro atoms. The standard InChI is InChI=1S/C10H13N3O2/c1-15-10(14)8-5-13(12-11-8)9-4-6-2-7(9)3-6/h5-7,9H,2-4H2,1H3. The molecule has 1 atom stereocenters. The molecule has 1 unspecified atom stereocenters. The average molecular weight is 207 g/mol. The van der Waals surface area contributed by atoms with Crippen LogP contribution in [0.4, 0.5) is 0 Å². The number of hydrogen-bond acceptors (Lipinski definition) is 4. The number of ether oxygens (including phenoxy) is 1. The lowest BCUT2D eigenvalue weighted by Gasteiger charge is -2.23. The van der Waals surface area contributed by atoms with E-state index in [1.165, 1.54) is 26.4 Å². The molecule has 0 amide bonds.